The number of hydrogen-bond donors (Lipinski definition) is 3. The maximum atomic E-state index is 10.6. The van der Waals surface area contributed by atoms with Crippen molar-refractivity contribution in [1.82, 2.24) is 0 Å². The monoisotopic (exact) mass is 326 g/mol. The third-order valence-corrected chi connectivity index (χ3v) is 3.33. The number of hydrogen-bond acceptors (Lipinski definition) is 8. The Morgan fingerprint density at radius 1 is 1.35 bits per heavy atom. The first kappa shape index (κ1) is 16.9. The molecule has 3 N–H and O–H groups in total. The van der Waals surface area contributed by atoms with Crippen molar-refractivity contribution in [2.45, 2.75) is 30.6 Å². The molecule has 11 heteroatoms. The number of ether oxygens (including phenoxy) is 2. The zero-order chi connectivity index (χ0) is 17.0. The van der Waals surface area contributed by atoms with Crippen LogP contribution in [0.25, 0.3) is 10.4 Å². The molecule has 11 nitrogen and oxygen atoms in total. The highest BCUT2D eigenvalue weighted by molar-refractivity contribution is 5.36. The van der Waals surface area contributed by atoms with Crippen LogP contribution in [0.15, 0.2) is 29.4 Å². The van der Waals surface area contributed by atoms with Crippen LogP contribution in [0.3, 0.4) is 0 Å². The van der Waals surface area contributed by atoms with Gasteiger partial charge in [0.25, 0.3) is 5.69 Å². The smallest absolute Gasteiger partial charge is 0.269 e. The quantitative estimate of drug-likeness (QED) is 0.226. The van der Waals surface area contributed by atoms with Crippen LogP contribution in [-0.2, 0) is 4.74 Å². The predicted octanol–water partition coefficient (Wildman–Crippen LogP) is 0.0915. The summed E-state index contributed by atoms with van der Waals surface area (Å²) in [5.74, 6) is 0.166. The van der Waals surface area contributed by atoms with Crippen LogP contribution in [0.4, 0.5) is 5.69 Å². The predicted molar refractivity (Wildman–Crippen MR) is 74.4 cm³/mol. The van der Waals surface area contributed by atoms with E-state index in [-0.39, 0.29) is 11.4 Å². The summed E-state index contributed by atoms with van der Waals surface area (Å²) in [6.45, 7) is -0.582. The van der Waals surface area contributed by atoms with E-state index in [0.29, 0.717) is 0 Å². The van der Waals surface area contributed by atoms with Gasteiger partial charge in [0, 0.05) is 17.0 Å². The topological polar surface area (TPSA) is 171 Å². The molecule has 0 radical (unpaired) electrons. The molecule has 1 aromatic carbocycles. The normalized spacial score (nSPS) is 30.3. The minimum Gasteiger partial charge on any atom is -0.464 e. The molecule has 0 bridgehead atoms. The van der Waals surface area contributed by atoms with Gasteiger partial charge in [-0.1, -0.05) is 5.11 Å². The molecule has 0 aliphatic carbocycles. The van der Waals surface area contributed by atoms with Crippen molar-refractivity contribution < 1.29 is 29.7 Å². The van der Waals surface area contributed by atoms with E-state index in [4.69, 9.17) is 20.1 Å². The number of nitro groups is 1. The van der Waals surface area contributed by atoms with Gasteiger partial charge < -0.3 is 24.8 Å². The van der Waals surface area contributed by atoms with E-state index in [1.807, 2.05) is 0 Å². The van der Waals surface area contributed by atoms with E-state index in [1.165, 1.54) is 24.3 Å². The lowest BCUT2D eigenvalue weighted by Crippen LogP contribution is -2.59. The molecule has 0 amide bonds. The molecule has 23 heavy (non-hydrogen) atoms. The van der Waals surface area contributed by atoms with Gasteiger partial charge in [-0.15, -0.1) is 0 Å². The number of nitrogens with zero attached hydrogens (tertiary/aromatic N) is 4. The molecule has 0 unspecified atom stereocenters. The Labute approximate surface area is 129 Å². The maximum absolute atomic E-state index is 10.6. The molecule has 0 spiro atoms. The molecule has 1 aliphatic heterocycles. The first-order valence-corrected chi connectivity index (χ1v) is 6.55. The molecule has 1 fully saturated rings. The first-order valence-electron chi connectivity index (χ1n) is 6.55. The Morgan fingerprint density at radius 3 is 2.52 bits per heavy atom. The van der Waals surface area contributed by atoms with Crippen LogP contribution in [-0.4, -0.2) is 57.5 Å². The van der Waals surface area contributed by atoms with Crippen molar-refractivity contribution in [3.8, 4) is 5.75 Å². The van der Waals surface area contributed by atoms with Crippen molar-refractivity contribution in [2.75, 3.05) is 6.61 Å². The van der Waals surface area contributed by atoms with E-state index < -0.39 is 42.2 Å². The fourth-order valence-corrected chi connectivity index (χ4v) is 2.13. The second-order valence-corrected chi connectivity index (χ2v) is 4.77. The molecule has 1 saturated heterocycles. The maximum Gasteiger partial charge on any atom is 0.269 e. The van der Waals surface area contributed by atoms with Crippen LogP contribution in [0.1, 0.15) is 0 Å². The van der Waals surface area contributed by atoms with Gasteiger partial charge in [0.05, 0.1) is 17.6 Å². The number of benzene rings is 1. The van der Waals surface area contributed by atoms with Gasteiger partial charge in [-0.05, 0) is 17.7 Å². The largest absolute Gasteiger partial charge is 0.464 e. The van der Waals surface area contributed by atoms with Crippen molar-refractivity contribution in [3.63, 3.8) is 0 Å². The highest BCUT2D eigenvalue weighted by Crippen LogP contribution is 2.27. The molecule has 124 valence electrons. The lowest BCUT2D eigenvalue weighted by Gasteiger charge is -2.40. The highest BCUT2D eigenvalue weighted by Gasteiger charge is 2.45. The number of aliphatic hydroxyl groups excluding tert-OH is 3. The Kier molecular flexibility index (Phi) is 5.32. The van der Waals surface area contributed by atoms with Crippen LogP contribution in [0.5, 0.6) is 5.75 Å². The standard InChI is InChI=1S/C12H14N4O7/c13-15-14-9-11(19)10(18)8(5-17)23-12(9)22-7-3-1-6(2-4-7)16(20)21/h1-4,8-12,17-19H,5H2/t8-,9-,10+,11-,12+/m0/s1. The van der Waals surface area contributed by atoms with E-state index in [1.54, 1.807) is 0 Å². The zero-order valence-corrected chi connectivity index (χ0v) is 11.7. The Balaban J connectivity index is 2.20. The van der Waals surface area contributed by atoms with Crippen molar-refractivity contribution in [2.24, 2.45) is 5.11 Å². The summed E-state index contributed by atoms with van der Waals surface area (Å²) < 4.78 is 10.7. The average Bonchev–Trinajstić information content (AvgIpc) is 2.54. The zero-order valence-electron chi connectivity index (χ0n) is 11.7. The van der Waals surface area contributed by atoms with Crippen LogP contribution >= 0.6 is 0 Å². The highest BCUT2D eigenvalue weighted by atomic mass is 16.7. The van der Waals surface area contributed by atoms with E-state index >= 15 is 0 Å². The number of aliphatic hydroxyl groups is 3. The Bertz CT molecular complexity index is 604. The van der Waals surface area contributed by atoms with E-state index in [9.17, 15) is 20.3 Å². The molecule has 1 aromatic rings. The summed E-state index contributed by atoms with van der Waals surface area (Å²) in [7, 11) is 0. The molecule has 0 saturated carbocycles. The third-order valence-electron chi connectivity index (χ3n) is 3.33. The van der Waals surface area contributed by atoms with Gasteiger partial charge in [0.15, 0.2) is 0 Å². The van der Waals surface area contributed by atoms with Crippen LogP contribution in [0, 0.1) is 10.1 Å². The second kappa shape index (κ2) is 7.22. The number of rotatable bonds is 5. The van der Waals surface area contributed by atoms with Crippen molar-refractivity contribution in [1.29, 1.82) is 0 Å². The van der Waals surface area contributed by atoms with E-state index in [0.717, 1.165) is 0 Å². The summed E-state index contributed by atoms with van der Waals surface area (Å²) in [6.07, 6.45) is -5.35. The van der Waals surface area contributed by atoms with Crippen LogP contribution in [0.2, 0.25) is 0 Å². The van der Waals surface area contributed by atoms with Crippen molar-refractivity contribution >= 4 is 5.69 Å². The summed E-state index contributed by atoms with van der Waals surface area (Å²) in [6, 6.07) is 3.76. The SMILES string of the molecule is [N-]=[N+]=N[C@@H]1[C@H](Oc2ccc([N+](=O)[O-])cc2)O[C@@H](CO)[C@@H](O)[C@H]1O. The molecule has 1 aliphatic rings. The van der Waals surface area contributed by atoms with Gasteiger partial charge in [-0.3, -0.25) is 10.1 Å². The van der Waals surface area contributed by atoms with Gasteiger partial charge >= 0.3 is 0 Å². The van der Waals surface area contributed by atoms with Crippen LogP contribution < -0.4 is 4.74 Å². The Hall–Kier alpha value is -2.43. The van der Waals surface area contributed by atoms with E-state index in [2.05, 4.69) is 10.0 Å². The summed E-state index contributed by atoms with van der Waals surface area (Å²) >= 11 is 0. The summed E-state index contributed by atoms with van der Waals surface area (Å²) in [5, 5.41) is 42.8. The molecule has 2 rings (SSSR count). The fourth-order valence-electron chi connectivity index (χ4n) is 2.13. The number of azide groups is 1. The number of nitro benzene ring substituents is 1. The minimum atomic E-state index is -1.50. The van der Waals surface area contributed by atoms with Gasteiger partial charge in [0.2, 0.25) is 6.29 Å². The summed E-state index contributed by atoms with van der Waals surface area (Å²) in [4.78, 5) is 12.6. The molecule has 0 aromatic heterocycles. The molecule has 5 atom stereocenters. The fraction of sp³-hybridized carbons (Fsp3) is 0.500. The molecule has 1 heterocycles. The molecular formula is C12H14N4O7. The van der Waals surface area contributed by atoms with Gasteiger partial charge in [0.1, 0.15) is 24.0 Å². The van der Waals surface area contributed by atoms with Gasteiger partial charge in [-0.25, -0.2) is 0 Å². The lowest BCUT2D eigenvalue weighted by atomic mass is 9.98. The second-order valence-electron chi connectivity index (χ2n) is 4.77. The third kappa shape index (κ3) is 3.67. The summed E-state index contributed by atoms with van der Waals surface area (Å²) in [5.41, 5.74) is 8.42. The minimum absolute atomic E-state index is 0.141. The lowest BCUT2D eigenvalue weighted by molar-refractivity contribution is -0.384. The first-order chi connectivity index (χ1) is 11.0. The van der Waals surface area contributed by atoms with Gasteiger partial charge in [-0.2, -0.15) is 0 Å². The van der Waals surface area contributed by atoms with Crippen molar-refractivity contribution in [3.05, 3.63) is 44.8 Å². The number of non-ortho nitro benzene ring substituents is 1. The average molecular weight is 326 g/mol. The Morgan fingerprint density at radius 2 is 2.00 bits per heavy atom. The molecular weight excluding hydrogens is 312 g/mol.